The summed E-state index contributed by atoms with van der Waals surface area (Å²) in [7, 11) is 2.18. The van der Waals surface area contributed by atoms with Crippen LogP contribution in [0.4, 0.5) is 11.8 Å². The molecule has 2 heterocycles. The van der Waals surface area contributed by atoms with Crippen LogP contribution >= 0.6 is 0 Å². The van der Waals surface area contributed by atoms with E-state index >= 15 is 0 Å². The first kappa shape index (κ1) is 14.1. The summed E-state index contributed by atoms with van der Waals surface area (Å²) in [5.41, 5.74) is 1.02. The molecule has 106 valence electrons. The second-order valence-electron chi connectivity index (χ2n) is 5.39. The molecule has 1 aliphatic rings. The van der Waals surface area contributed by atoms with Gasteiger partial charge in [-0.25, -0.2) is 4.98 Å². The number of anilines is 2. The predicted molar refractivity (Wildman–Crippen MR) is 79.9 cm³/mol. The molecular weight excluding hydrogens is 238 g/mol. The van der Waals surface area contributed by atoms with Crippen LogP contribution in [0.2, 0.25) is 0 Å². The van der Waals surface area contributed by atoms with E-state index in [1.165, 1.54) is 0 Å². The van der Waals surface area contributed by atoms with E-state index < -0.39 is 0 Å². The van der Waals surface area contributed by atoms with Crippen molar-refractivity contribution in [3.8, 4) is 0 Å². The Hall–Kier alpha value is -1.36. The van der Waals surface area contributed by atoms with Crippen LogP contribution in [-0.4, -0.2) is 54.1 Å². The Morgan fingerprint density at radius 1 is 1.37 bits per heavy atom. The van der Waals surface area contributed by atoms with Crippen molar-refractivity contribution in [1.29, 1.82) is 0 Å². The molecule has 0 saturated carbocycles. The third kappa shape index (κ3) is 3.56. The third-order valence-corrected chi connectivity index (χ3v) is 3.66. The summed E-state index contributed by atoms with van der Waals surface area (Å²) in [6.45, 7) is 10.5. The minimum Gasteiger partial charge on any atom is -0.354 e. The van der Waals surface area contributed by atoms with Gasteiger partial charge in [0, 0.05) is 44.0 Å². The van der Waals surface area contributed by atoms with Crippen LogP contribution < -0.4 is 10.2 Å². The molecule has 1 atom stereocenters. The number of nitrogens with one attached hydrogen (secondary N) is 1. The lowest BCUT2D eigenvalue weighted by Gasteiger charge is -2.38. The first-order valence-electron chi connectivity index (χ1n) is 7.15. The molecule has 0 aliphatic carbocycles. The van der Waals surface area contributed by atoms with Crippen LogP contribution in [0.25, 0.3) is 0 Å². The van der Waals surface area contributed by atoms with Crippen molar-refractivity contribution in [3.63, 3.8) is 0 Å². The molecule has 1 aromatic rings. The van der Waals surface area contributed by atoms with E-state index in [0.29, 0.717) is 6.04 Å². The summed E-state index contributed by atoms with van der Waals surface area (Å²) in [5.74, 6) is 1.80. The van der Waals surface area contributed by atoms with Gasteiger partial charge in [0.1, 0.15) is 5.82 Å². The Bertz CT molecular complexity index is 420. The zero-order valence-corrected chi connectivity index (χ0v) is 12.5. The molecule has 1 N–H and O–H groups in total. The summed E-state index contributed by atoms with van der Waals surface area (Å²) in [6.07, 6.45) is 1.08. The second kappa shape index (κ2) is 6.19. The SMILES string of the molecule is CCCNc1nc(C)cc(N2CCN(C)C(C)C2)n1. The lowest BCUT2D eigenvalue weighted by Crippen LogP contribution is -2.50. The number of hydrogen-bond acceptors (Lipinski definition) is 5. The molecule has 2 rings (SSSR count). The number of likely N-dealkylation sites (N-methyl/N-ethyl adjacent to an activating group) is 1. The molecule has 1 unspecified atom stereocenters. The topological polar surface area (TPSA) is 44.3 Å². The van der Waals surface area contributed by atoms with Crippen LogP contribution in [0.5, 0.6) is 0 Å². The van der Waals surface area contributed by atoms with Crippen LogP contribution in [0.15, 0.2) is 6.07 Å². The molecule has 5 heteroatoms. The molecule has 0 bridgehead atoms. The number of rotatable bonds is 4. The zero-order valence-electron chi connectivity index (χ0n) is 12.5. The van der Waals surface area contributed by atoms with Crippen LogP contribution in [-0.2, 0) is 0 Å². The fourth-order valence-corrected chi connectivity index (χ4v) is 2.29. The number of aryl methyl sites for hydroxylation is 1. The smallest absolute Gasteiger partial charge is 0.224 e. The van der Waals surface area contributed by atoms with Crippen molar-refractivity contribution in [2.45, 2.75) is 33.2 Å². The second-order valence-corrected chi connectivity index (χ2v) is 5.39. The van der Waals surface area contributed by atoms with E-state index in [1.807, 2.05) is 6.92 Å². The van der Waals surface area contributed by atoms with Gasteiger partial charge in [-0.1, -0.05) is 6.92 Å². The number of piperazine rings is 1. The summed E-state index contributed by atoms with van der Waals surface area (Å²) < 4.78 is 0. The Morgan fingerprint density at radius 3 is 2.84 bits per heavy atom. The van der Waals surface area contributed by atoms with Crippen molar-refractivity contribution in [2.24, 2.45) is 0 Å². The molecule has 1 fully saturated rings. The van der Waals surface area contributed by atoms with Gasteiger partial charge in [-0.05, 0) is 27.3 Å². The van der Waals surface area contributed by atoms with E-state index in [4.69, 9.17) is 0 Å². The highest BCUT2D eigenvalue weighted by atomic mass is 15.3. The number of nitrogens with zero attached hydrogens (tertiary/aromatic N) is 4. The van der Waals surface area contributed by atoms with E-state index in [2.05, 4.69) is 52.0 Å². The minimum atomic E-state index is 0.566. The van der Waals surface area contributed by atoms with Crippen molar-refractivity contribution >= 4 is 11.8 Å². The molecule has 1 aliphatic heterocycles. The van der Waals surface area contributed by atoms with Crippen LogP contribution in [0.1, 0.15) is 26.0 Å². The van der Waals surface area contributed by atoms with Gasteiger partial charge in [-0.2, -0.15) is 4.98 Å². The van der Waals surface area contributed by atoms with Crippen LogP contribution in [0.3, 0.4) is 0 Å². The van der Waals surface area contributed by atoms with Crippen molar-refractivity contribution in [2.75, 3.05) is 43.4 Å². The molecule has 1 saturated heterocycles. The van der Waals surface area contributed by atoms with E-state index in [0.717, 1.165) is 50.1 Å². The van der Waals surface area contributed by atoms with Gasteiger partial charge >= 0.3 is 0 Å². The Morgan fingerprint density at radius 2 is 2.16 bits per heavy atom. The molecule has 0 spiro atoms. The highest BCUT2D eigenvalue weighted by molar-refractivity contribution is 5.45. The molecule has 0 amide bonds. The molecule has 1 aromatic heterocycles. The molecule has 0 radical (unpaired) electrons. The summed E-state index contributed by atoms with van der Waals surface area (Å²) in [5, 5.41) is 3.28. The summed E-state index contributed by atoms with van der Waals surface area (Å²) in [4.78, 5) is 13.8. The van der Waals surface area contributed by atoms with Crippen molar-refractivity contribution in [3.05, 3.63) is 11.8 Å². The maximum absolute atomic E-state index is 4.64. The molecule has 0 aromatic carbocycles. The van der Waals surface area contributed by atoms with Gasteiger partial charge in [-0.15, -0.1) is 0 Å². The predicted octanol–water partition coefficient (Wildman–Crippen LogP) is 1.75. The fraction of sp³-hybridized carbons (Fsp3) is 0.714. The lowest BCUT2D eigenvalue weighted by molar-refractivity contribution is 0.233. The Labute approximate surface area is 116 Å². The Balaban J connectivity index is 2.13. The van der Waals surface area contributed by atoms with Gasteiger partial charge in [0.2, 0.25) is 5.95 Å². The molecule has 5 nitrogen and oxygen atoms in total. The third-order valence-electron chi connectivity index (χ3n) is 3.66. The lowest BCUT2D eigenvalue weighted by atomic mass is 10.2. The number of aromatic nitrogens is 2. The summed E-state index contributed by atoms with van der Waals surface area (Å²) in [6, 6.07) is 2.64. The largest absolute Gasteiger partial charge is 0.354 e. The average molecular weight is 263 g/mol. The van der Waals surface area contributed by atoms with Gasteiger partial charge in [0.15, 0.2) is 0 Å². The first-order chi connectivity index (χ1) is 9.10. The van der Waals surface area contributed by atoms with Crippen LogP contribution in [0, 0.1) is 6.92 Å². The standard InChI is InChI=1S/C14H25N5/c1-5-6-15-14-16-11(2)9-13(17-14)19-8-7-18(4)12(3)10-19/h9,12H,5-8,10H2,1-4H3,(H,15,16,17). The van der Waals surface area contributed by atoms with Gasteiger partial charge < -0.3 is 15.1 Å². The Kier molecular flexibility index (Phi) is 4.58. The van der Waals surface area contributed by atoms with Gasteiger partial charge in [0.05, 0.1) is 0 Å². The fourth-order valence-electron chi connectivity index (χ4n) is 2.29. The quantitative estimate of drug-likeness (QED) is 0.896. The minimum absolute atomic E-state index is 0.566. The number of hydrogen-bond donors (Lipinski definition) is 1. The van der Waals surface area contributed by atoms with Gasteiger partial charge in [-0.3, -0.25) is 0 Å². The maximum atomic E-state index is 4.64. The summed E-state index contributed by atoms with van der Waals surface area (Å²) >= 11 is 0. The monoisotopic (exact) mass is 263 g/mol. The molecule has 19 heavy (non-hydrogen) atoms. The van der Waals surface area contributed by atoms with Crippen molar-refractivity contribution in [1.82, 2.24) is 14.9 Å². The van der Waals surface area contributed by atoms with E-state index in [1.54, 1.807) is 0 Å². The van der Waals surface area contributed by atoms with E-state index in [9.17, 15) is 0 Å². The first-order valence-corrected chi connectivity index (χ1v) is 7.15. The zero-order chi connectivity index (χ0) is 13.8. The highest BCUT2D eigenvalue weighted by Crippen LogP contribution is 2.18. The van der Waals surface area contributed by atoms with Crippen molar-refractivity contribution < 1.29 is 0 Å². The average Bonchev–Trinajstić information content (AvgIpc) is 2.39. The molecular formula is C14H25N5. The van der Waals surface area contributed by atoms with E-state index in [-0.39, 0.29) is 0 Å². The normalized spacial score (nSPS) is 20.6. The van der Waals surface area contributed by atoms with Gasteiger partial charge in [0.25, 0.3) is 0 Å². The highest BCUT2D eigenvalue weighted by Gasteiger charge is 2.22. The maximum Gasteiger partial charge on any atom is 0.224 e.